The molecule has 0 radical (unpaired) electrons. The van der Waals surface area contributed by atoms with E-state index < -0.39 is 11.6 Å². The number of benzene rings is 2. The molecular weight excluding hydrogens is 376 g/mol. The van der Waals surface area contributed by atoms with Crippen LogP contribution in [0.4, 0.5) is 0 Å². The molecule has 4 nitrogen and oxygen atoms in total. The Morgan fingerprint density at radius 2 is 1.86 bits per heavy atom. The molecule has 28 heavy (non-hydrogen) atoms. The van der Waals surface area contributed by atoms with Gasteiger partial charge in [-0.2, -0.15) is 0 Å². The van der Waals surface area contributed by atoms with Gasteiger partial charge in [-0.15, -0.1) is 0 Å². The van der Waals surface area contributed by atoms with Gasteiger partial charge >= 0.3 is 5.97 Å². The van der Waals surface area contributed by atoms with Crippen molar-refractivity contribution in [3.05, 3.63) is 58.3 Å². The molecular formula is C23H23ClO4. The van der Waals surface area contributed by atoms with E-state index in [-0.39, 0.29) is 11.3 Å². The van der Waals surface area contributed by atoms with Crippen molar-refractivity contribution >= 4 is 23.1 Å². The highest BCUT2D eigenvalue weighted by Crippen LogP contribution is 2.47. The molecule has 0 atom stereocenters. The van der Waals surface area contributed by atoms with Crippen LogP contribution in [0.1, 0.15) is 43.2 Å². The molecule has 0 aromatic heterocycles. The maximum Gasteiger partial charge on any atom is 0.343 e. The maximum absolute atomic E-state index is 12.6. The summed E-state index contributed by atoms with van der Waals surface area (Å²) in [4.78, 5) is 12.6. The summed E-state index contributed by atoms with van der Waals surface area (Å²) in [6.45, 7) is 1.96. The standard InChI is InChI=1S/C23H23ClO4/c1-14-11-18(19(24)13-17(14)15-7-6-8-16(12-15)27-2)20-21(25)23(28-22(20)26)9-4-3-5-10-23/h6-8,11-13,25H,3-5,9-10H2,1-2H3. The molecule has 1 aliphatic heterocycles. The third-order valence-corrected chi connectivity index (χ3v) is 6.10. The van der Waals surface area contributed by atoms with Gasteiger partial charge in [0.2, 0.25) is 0 Å². The van der Waals surface area contributed by atoms with E-state index in [0.717, 1.165) is 41.7 Å². The predicted octanol–water partition coefficient (Wildman–Crippen LogP) is 5.85. The smallest absolute Gasteiger partial charge is 0.343 e. The minimum atomic E-state index is -0.868. The largest absolute Gasteiger partial charge is 0.507 e. The molecule has 1 spiro atoms. The third kappa shape index (κ3) is 3.06. The number of rotatable bonds is 3. The number of carbonyl (C=O) groups is 1. The Morgan fingerprint density at radius 1 is 1.11 bits per heavy atom. The predicted molar refractivity (Wildman–Crippen MR) is 110 cm³/mol. The normalized spacial score (nSPS) is 18.5. The molecule has 0 unspecified atom stereocenters. The van der Waals surface area contributed by atoms with Crippen LogP contribution in [0.2, 0.25) is 5.02 Å². The Morgan fingerprint density at radius 3 is 2.57 bits per heavy atom. The second kappa shape index (κ2) is 7.17. The fourth-order valence-electron chi connectivity index (χ4n) is 4.28. The highest BCUT2D eigenvalue weighted by Gasteiger charge is 2.49. The number of hydrogen-bond acceptors (Lipinski definition) is 4. The van der Waals surface area contributed by atoms with Crippen LogP contribution in [0.3, 0.4) is 0 Å². The summed E-state index contributed by atoms with van der Waals surface area (Å²) in [6, 6.07) is 11.4. The lowest BCUT2D eigenvalue weighted by atomic mass is 9.82. The van der Waals surface area contributed by atoms with Crippen LogP contribution >= 0.6 is 11.6 Å². The molecule has 1 aliphatic carbocycles. The van der Waals surface area contributed by atoms with Gasteiger partial charge in [-0.25, -0.2) is 4.79 Å². The lowest BCUT2D eigenvalue weighted by molar-refractivity contribution is -0.149. The van der Waals surface area contributed by atoms with E-state index in [1.165, 1.54) is 0 Å². The van der Waals surface area contributed by atoms with Crippen molar-refractivity contribution in [1.29, 1.82) is 0 Å². The number of aliphatic hydroxyl groups is 1. The molecule has 0 bridgehead atoms. The van der Waals surface area contributed by atoms with Gasteiger partial charge in [-0.05, 0) is 73.6 Å². The van der Waals surface area contributed by atoms with Crippen molar-refractivity contribution < 1.29 is 19.4 Å². The van der Waals surface area contributed by atoms with Crippen LogP contribution in [-0.2, 0) is 9.53 Å². The van der Waals surface area contributed by atoms with Crippen molar-refractivity contribution in [3.63, 3.8) is 0 Å². The molecule has 2 aromatic carbocycles. The summed E-state index contributed by atoms with van der Waals surface area (Å²) in [5.41, 5.74) is 2.73. The van der Waals surface area contributed by atoms with Crippen molar-refractivity contribution in [1.82, 2.24) is 0 Å². The van der Waals surface area contributed by atoms with Gasteiger partial charge < -0.3 is 14.6 Å². The van der Waals surface area contributed by atoms with Crippen LogP contribution in [0.25, 0.3) is 16.7 Å². The number of esters is 1. The first-order valence-corrected chi connectivity index (χ1v) is 9.95. The number of halogens is 1. The third-order valence-electron chi connectivity index (χ3n) is 5.79. The zero-order chi connectivity index (χ0) is 19.9. The van der Waals surface area contributed by atoms with Gasteiger partial charge in [0, 0.05) is 10.6 Å². The second-order valence-corrected chi connectivity index (χ2v) is 7.95. The van der Waals surface area contributed by atoms with Crippen LogP contribution in [0.15, 0.2) is 42.2 Å². The highest BCUT2D eigenvalue weighted by atomic mass is 35.5. The summed E-state index contributed by atoms with van der Waals surface area (Å²) in [5, 5.41) is 11.3. The molecule has 0 amide bonds. The van der Waals surface area contributed by atoms with E-state index in [4.69, 9.17) is 21.1 Å². The van der Waals surface area contributed by atoms with Crippen molar-refractivity contribution in [3.8, 4) is 16.9 Å². The first kappa shape index (κ1) is 18.9. The molecule has 1 saturated carbocycles. The number of carbonyl (C=O) groups excluding carboxylic acids is 1. The highest BCUT2D eigenvalue weighted by molar-refractivity contribution is 6.35. The van der Waals surface area contributed by atoms with Gasteiger partial charge in [-0.3, -0.25) is 0 Å². The minimum absolute atomic E-state index is 0.0348. The van der Waals surface area contributed by atoms with Gasteiger partial charge in [0.05, 0.1) is 7.11 Å². The molecule has 2 aliphatic rings. The van der Waals surface area contributed by atoms with Crippen molar-refractivity contribution in [2.45, 2.75) is 44.6 Å². The average molecular weight is 399 g/mol. The van der Waals surface area contributed by atoms with E-state index in [9.17, 15) is 9.90 Å². The summed E-state index contributed by atoms with van der Waals surface area (Å²) in [5.74, 6) is 0.304. The summed E-state index contributed by atoms with van der Waals surface area (Å²) < 4.78 is 11.0. The number of methoxy groups -OCH3 is 1. The summed E-state index contributed by atoms with van der Waals surface area (Å²) in [7, 11) is 1.63. The van der Waals surface area contributed by atoms with Gasteiger partial charge in [0.1, 0.15) is 11.3 Å². The SMILES string of the molecule is COc1cccc(-c2cc(Cl)c(C3=C(O)C4(CCCCC4)OC3=O)cc2C)c1. The van der Waals surface area contributed by atoms with E-state index in [0.29, 0.717) is 23.4 Å². The van der Waals surface area contributed by atoms with E-state index in [1.807, 2.05) is 43.3 Å². The van der Waals surface area contributed by atoms with Gasteiger partial charge in [0.25, 0.3) is 0 Å². The number of hydrogen-bond donors (Lipinski definition) is 1. The first-order valence-electron chi connectivity index (χ1n) is 9.57. The Balaban J connectivity index is 1.79. The molecule has 2 aromatic rings. The van der Waals surface area contributed by atoms with Crippen LogP contribution in [0, 0.1) is 6.92 Å². The molecule has 1 fully saturated rings. The molecule has 5 heteroatoms. The Hall–Kier alpha value is -2.46. The summed E-state index contributed by atoms with van der Waals surface area (Å²) in [6.07, 6.45) is 4.29. The van der Waals surface area contributed by atoms with Crippen molar-refractivity contribution in [2.24, 2.45) is 0 Å². The monoisotopic (exact) mass is 398 g/mol. The van der Waals surface area contributed by atoms with Gasteiger partial charge in [-0.1, -0.05) is 30.2 Å². The first-order chi connectivity index (χ1) is 13.4. The molecule has 146 valence electrons. The quantitative estimate of drug-likeness (QED) is 0.658. The lowest BCUT2D eigenvalue weighted by Crippen LogP contribution is -2.34. The van der Waals surface area contributed by atoms with E-state index >= 15 is 0 Å². The van der Waals surface area contributed by atoms with Crippen LogP contribution < -0.4 is 4.74 Å². The molecule has 1 N–H and O–H groups in total. The fraction of sp³-hybridized carbons (Fsp3) is 0.348. The van der Waals surface area contributed by atoms with Crippen molar-refractivity contribution in [2.75, 3.05) is 7.11 Å². The number of aryl methyl sites for hydroxylation is 1. The Bertz CT molecular complexity index is 971. The lowest BCUT2D eigenvalue weighted by Gasteiger charge is -2.31. The zero-order valence-electron chi connectivity index (χ0n) is 16.0. The van der Waals surface area contributed by atoms with Gasteiger partial charge in [0.15, 0.2) is 11.4 Å². The van der Waals surface area contributed by atoms with Crippen LogP contribution in [-0.4, -0.2) is 23.8 Å². The minimum Gasteiger partial charge on any atom is -0.507 e. The average Bonchev–Trinajstić information content (AvgIpc) is 2.93. The molecule has 0 saturated heterocycles. The fourth-order valence-corrected chi connectivity index (χ4v) is 4.53. The zero-order valence-corrected chi connectivity index (χ0v) is 16.8. The van der Waals surface area contributed by atoms with E-state index in [1.54, 1.807) is 7.11 Å². The van der Waals surface area contributed by atoms with E-state index in [2.05, 4.69) is 0 Å². The Kier molecular flexibility index (Phi) is 4.84. The Labute approximate surface area is 169 Å². The summed E-state index contributed by atoms with van der Waals surface area (Å²) >= 11 is 6.58. The topological polar surface area (TPSA) is 55.8 Å². The maximum atomic E-state index is 12.6. The number of ether oxygens (including phenoxy) is 2. The number of aliphatic hydroxyl groups excluding tert-OH is 1. The second-order valence-electron chi connectivity index (χ2n) is 7.55. The van der Waals surface area contributed by atoms with Crippen LogP contribution in [0.5, 0.6) is 5.75 Å². The molecule has 1 heterocycles. The molecule has 4 rings (SSSR count).